The second-order valence-electron chi connectivity index (χ2n) is 6.16. The summed E-state index contributed by atoms with van der Waals surface area (Å²) in [6.07, 6.45) is 7.35. The molecule has 2 aromatic rings. The van der Waals surface area contributed by atoms with E-state index in [4.69, 9.17) is 5.73 Å². The Hall–Kier alpha value is -2.47. The SMILES string of the molecule is Cn1cncc1[C@@H]1CN(C(=O)CC=Cc2cccc(F)c2)C[C@H]1N. The number of hydrogen-bond acceptors (Lipinski definition) is 3. The minimum Gasteiger partial charge on any atom is -0.340 e. The first-order chi connectivity index (χ1) is 11.5. The Balaban J connectivity index is 1.59. The number of carbonyl (C=O) groups excluding carboxylic acids is 1. The lowest BCUT2D eigenvalue weighted by molar-refractivity contribution is -0.129. The van der Waals surface area contributed by atoms with E-state index < -0.39 is 0 Å². The quantitative estimate of drug-likeness (QED) is 0.932. The van der Waals surface area contributed by atoms with Crippen LogP contribution in [0.2, 0.25) is 0 Å². The third-order valence-electron chi connectivity index (χ3n) is 4.40. The average molecular weight is 328 g/mol. The largest absolute Gasteiger partial charge is 0.340 e. The first kappa shape index (κ1) is 16.4. The van der Waals surface area contributed by atoms with Crippen LogP contribution in [-0.4, -0.2) is 39.5 Å². The molecule has 126 valence electrons. The van der Waals surface area contributed by atoms with Gasteiger partial charge in [-0.2, -0.15) is 0 Å². The van der Waals surface area contributed by atoms with E-state index >= 15 is 0 Å². The number of nitrogens with two attached hydrogens (primary N) is 1. The maximum atomic E-state index is 13.1. The summed E-state index contributed by atoms with van der Waals surface area (Å²) in [6, 6.07) is 6.19. The van der Waals surface area contributed by atoms with Crippen LogP contribution in [-0.2, 0) is 11.8 Å². The topological polar surface area (TPSA) is 64.2 Å². The highest BCUT2D eigenvalue weighted by Gasteiger charge is 2.34. The predicted octanol–water partition coefficient (Wildman–Crippen LogP) is 1.92. The maximum absolute atomic E-state index is 13.1. The molecular formula is C18H21FN4O. The molecular weight excluding hydrogens is 307 g/mol. The smallest absolute Gasteiger partial charge is 0.226 e. The van der Waals surface area contributed by atoms with Gasteiger partial charge in [0.2, 0.25) is 5.91 Å². The van der Waals surface area contributed by atoms with Crippen LogP contribution in [0.25, 0.3) is 6.08 Å². The van der Waals surface area contributed by atoms with Gasteiger partial charge < -0.3 is 15.2 Å². The summed E-state index contributed by atoms with van der Waals surface area (Å²) in [6.45, 7) is 1.15. The molecule has 0 bridgehead atoms. The van der Waals surface area contributed by atoms with Gasteiger partial charge in [-0.1, -0.05) is 24.3 Å². The fraction of sp³-hybridized carbons (Fsp3) is 0.333. The van der Waals surface area contributed by atoms with Gasteiger partial charge in [0.25, 0.3) is 0 Å². The Bertz CT molecular complexity index is 755. The molecule has 1 amide bonds. The van der Waals surface area contributed by atoms with Gasteiger partial charge in [-0.3, -0.25) is 4.79 Å². The van der Waals surface area contributed by atoms with Crippen LogP contribution in [0.15, 0.2) is 42.9 Å². The molecule has 1 aromatic carbocycles. The van der Waals surface area contributed by atoms with E-state index in [1.807, 2.05) is 17.8 Å². The highest BCUT2D eigenvalue weighted by Crippen LogP contribution is 2.26. The monoisotopic (exact) mass is 328 g/mol. The van der Waals surface area contributed by atoms with Crippen molar-refractivity contribution in [3.05, 3.63) is 59.9 Å². The Labute approximate surface area is 140 Å². The van der Waals surface area contributed by atoms with E-state index in [0.29, 0.717) is 13.1 Å². The van der Waals surface area contributed by atoms with E-state index in [1.165, 1.54) is 12.1 Å². The van der Waals surface area contributed by atoms with Crippen molar-refractivity contribution >= 4 is 12.0 Å². The Morgan fingerprint density at radius 1 is 1.46 bits per heavy atom. The molecule has 2 N–H and O–H groups in total. The molecule has 1 fully saturated rings. The lowest BCUT2D eigenvalue weighted by Crippen LogP contribution is -2.31. The van der Waals surface area contributed by atoms with Crippen LogP contribution >= 0.6 is 0 Å². The minimum atomic E-state index is -0.284. The number of rotatable bonds is 4. The summed E-state index contributed by atoms with van der Waals surface area (Å²) in [5.41, 5.74) is 8.00. The number of nitrogens with zero attached hydrogens (tertiary/aromatic N) is 3. The number of hydrogen-bond donors (Lipinski definition) is 1. The van der Waals surface area contributed by atoms with Crippen LogP contribution in [0.4, 0.5) is 4.39 Å². The molecule has 1 aromatic heterocycles. The zero-order valence-electron chi connectivity index (χ0n) is 13.6. The molecule has 24 heavy (non-hydrogen) atoms. The highest BCUT2D eigenvalue weighted by molar-refractivity contribution is 5.79. The van der Waals surface area contributed by atoms with Crippen LogP contribution in [0, 0.1) is 5.82 Å². The van der Waals surface area contributed by atoms with Gasteiger partial charge in [0.05, 0.1) is 6.33 Å². The average Bonchev–Trinajstić information content (AvgIpc) is 3.13. The van der Waals surface area contributed by atoms with Crippen LogP contribution in [0.1, 0.15) is 23.6 Å². The molecule has 3 rings (SSSR count). The standard InChI is InChI=1S/C18H21FN4O/c1-22-12-21-9-17(22)15-10-23(11-16(15)20)18(24)7-3-5-13-4-2-6-14(19)8-13/h2-6,8-9,12,15-16H,7,10-11,20H2,1H3/t15-,16-/m1/s1. The van der Waals surface area contributed by atoms with Crippen molar-refractivity contribution in [2.24, 2.45) is 12.8 Å². The minimum absolute atomic E-state index is 0.0303. The zero-order valence-corrected chi connectivity index (χ0v) is 13.6. The van der Waals surface area contributed by atoms with Gasteiger partial charge in [0.1, 0.15) is 5.82 Å². The van der Waals surface area contributed by atoms with Gasteiger partial charge in [-0.25, -0.2) is 9.37 Å². The lowest BCUT2D eigenvalue weighted by atomic mass is 10.0. The van der Waals surface area contributed by atoms with E-state index in [9.17, 15) is 9.18 Å². The Kier molecular flexibility index (Phi) is 4.76. The van der Waals surface area contributed by atoms with Crippen molar-refractivity contribution in [1.29, 1.82) is 0 Å². The van der Waals surface area contributed by atoms with Crippen LogP contribution in [0.3, 0.4) is 0 Å². The van der Waals surface area contributed by atoms with Crippen molar-refractivity contribution in [1.82, 2.24) is 14.5 Å². The molecule has 6 heteroatoms. The number of aryl methyl sites for hydroxylation is 1. The van der Waals surface area contributed by atoms with Crippen molar-refractivity contribution in [2.75, 3.05) is 13.1 Å². The lowest BCUT2D eigenvalue weighted by Gasteiger charge is -2.15. The van der Waals surface area contributed by atoms with Gasteiger partial charge >= 0.3 is 0 Å². The van der Waals surface area contributed by atoms with Crippen molar-refractivity contribution in [2.45, 2.75) is 18.4 Å². The number of carbonyl (C=O) groups is 1. The molecule has 0 unspecified atom stereocenters. The number of imidazole rings is 1. The summed E-state index contributed by atoms with van der Waals surface area (Å²) in [7, 11) is 1.93. The number of amides is 1. The van der Waals surface area contributed by atoms with Gasteiger partial charge in [0.15, 0.2) is 0 Å². The Morgan fingerprint density at radius 3 is 3.00 bits per heavy atom. The number of halogens is 1. The number of benzene rings is 1. The van der Waals surface area contributed by atoms with Gasteiger partial charge in [-0.05, 0) is 17.7 Å². The Morgan fingerprint density at radius 2 is 2.29 bits per heavy atom. The fourth-order valence-electron chi connectivity index (χ4n) is 3.11. The molecule has 5 nitrogen and oxygen atoms in total. The summed E-state index contributed by atoms with van der Waals surface area (Å²) in [5.74, 6) is -0.149. The third kappa shape index (κ3) is 3.54. The second kappa shape index (κ2) is 6.97. The molecule has 1 aliphatic heterocycles. The van der Waals surface area contributed by atoms with Crippen molar-refractivity contribution in [3.8, 4) is 0 Å². The number of likely N-dealkylation sites (tertiary alicyclic amines) is 1. The zero-order chi connectivity index (χ0) is 17.1. The third-order valence-corrected chi connectivity index (χ3v) is 4.40. The number of aromatic nitrogens is 2. The predicted molar refractivity (Wildman–Crippen MR) is 90.6 cm³/mol. The summed E-state index contributed by atoms with van der Waals surface area (Å²) in [4.78, 5) is 18.3. The molecule has 2 atom stereocenters. The molecule has 0 radical (unpaired) electrons. The van der Waals surface area contributed by atoms with E-state index in [2.05, 4.69) is 4.98 Å². The fourth-order valence-corrected chi connectivity index (χ4v) is 3.11. The summed E-state index contributed by atoms with van der Waals surface area (Å²) < 4.78 is 15.1. The first-order valence-corrected chi connectivity index (χ1v) is 7.96. The van der Waals surface area contributed by atoms with Crippen molar-refractivity contribution in [3.63, 3.8) is 0 Å². The maximum Gasteiger partial charge on any atom is 0.226 e. The molecule has 0 aliphatic carbocycles. The molecule has 1 saturated heterocycles. The van der Waals surface area contributed by atoms with Crippen molar-refractivity contribution < 1.29 is 9.18 Å². The second-order valence-corrected chi connectivity index (χ2v) is 6.16. The van der Waals surface area contributed by atoms with Gasteiger partial charge in [-0.15, -0.1) is 0 Å². The van der Waals surface area contributed by atoms with E-state index in [-0.39, 0.29) is 30.1 Å². The summed E-state index contributed by atoms with van der Waals surface area (Å²) in [5, 5.41) is 0. The van der Waals surface area contributed by atoms with E-state index in [0.717, 1.165) is 11.3 Å². The molecule has 2 heterocycles. The molecule has 0 saturated carbocycles. The van der Waals surface area contributed by atoms with Crippen LogP contribution < -0.4 is 5.73 Å². The highest BCUT2D eigenvalue weighted by atomic mass is 19.1. The summed E-state index contributed by atoms with van der Waals surface area (Å²) >= 11 is 0. The van der Waals surface area contributed by atoms with Crippen LogP contribution in [0.5, 0.6) is 0 Å². The normalized spacial score (nSPS) is 20.9. The molecule has 1 aliphatic rings. The van der Waals surface area contributed by atoms with Gasteiger partial charge in [0, 0.05) is 50.4 Å². The molecule has 0 spiro atoms. The first-order valence-electron chi connectivity index (χ1n) is 7.96. The van der Waals surface area contributed by atoms with E-state index in [1.54, 1.807) is 35.5 Å².